The Labute approximate surface area is 345 Å². The van der Waals surface area contributed by atoms with Crippen LogP contribution in [-0.2, 0) is 26.9 Å². The second kappa shape index (κ2) is 15.1. The number of hydrogen-bond donors (Lipinski definition) is 4. The number of hydrogen-bond acceptors (Lipinski definition) is 12. The highest BCUT2D eigenvalue weighted by molar-refractivity contribution is 6.06. The van der Waals surface area contributed by atoms with Crippen molar-refractivity contribution in [3.63, 3.8) is 0 Å². The van der Waals surface area contributed by atoms with Crippen LogP contribution < -0.4 is 30.4 Å². The molecule has 1 aliphatic carbocycles. The Morgan fingerprint density at radius 1 is 0.783 bits per heavy atom. The number of aromatic nitrogens is 8. The predicted octanol–water partition coefficient (Wildman–Crippen LogP) is 5.27. The number of aromatic amines is 1. The minimum absolute atomic E-state index is 0.0311. The lowest BCUT2D eigenvalue weighted by Crippen LogP contribution is -2.47. The fourth-order valence-electron chi connectivity index (χ4n) is 7.43. The molecule has 17 nitrogen and oxygen atoms in total. The molecule has 0 spiro atoms. The molecular weight excluding hydrogens is 769 g/mol. The lowest BCUT2D eigenvalue weighted by molar-refractivity contribution is -0.0904. The highest BCUT2D eigenvalue weighted by atomic mass is 16.5. The van der Waals surface area contributed by atoms with E-state index in [1.165, 1.54) is 0 Å². The van der Waals surface area contributed by atoms with Gasteiger partial charge in [-0.15, -0.1) is 0 Å². The number of H-pyrrole nitrogens is 1. The van der Waals surface area contributed by atoms with Crippen LogP contribution in [0.3, 0.4) is 0 Å². The summed E-state index contributed by atoms with van der Waals surface area (Å²) < 4.78 is 21.0. The summed E-state index contributed by atoms with van der Waals surface area (Å²) in [6.07, 6.45) is 9.12. The van der Waals surface area contributed by atoms with Gasteiger partial charge in [0.1, 0.15) is 40.1 Å². The molecule has 17 heteroatoms. The molecule has 0 saturated heterocycles. The standard InChI is InChI=1S/C24H27N5O4.C19H19N5O3/c1-23(2)9-14-8-17(22(28-21(14)33-23)32-16-10-24(3,31)11-16)20(30)27-19-7-5-6-18(26-19)15-12-25-29(4)13-15;1-19(2)8-11-7-13(17(26)23-18(11)27-19)16(25)22-15-6-4-5-14(21-15)12-9-20-24(3)10-12/h5-8,12-13,16,31H,9-11H2,1-4H3,(H,26,27,30);4-7,9-10H,8H2,1-3H3,(H,23,26)(H,21,22,25). The number of carbonyl (C=O) groups is 2. The van der Waals surface area contributed by atoms with Crippen LogP contribution in [0.25, 0.3) is 22.5 Å². The van der Waals surface area contributed by atoms with Gasteiger partial charge in [0.05, 0.1) is 29.4 Å². The lowest BCUT2D eigenvalue weighted by Gasteiger charge is -2.40. The van der Waals surface area contributed by atoms with Crippen LogP contribution in [0.2, 0.25) is 0 Å². The normalized spacial score (nSPS) is 19.0. The topological polar surface area (TPSA) is 213 Å². The summed E-state index contributed by atoms with van der Waals surface area (Å²) in [7, 11) is 3.66. The van der Waals surface area contributed by atoms with Gasteiger partial charge in [0, 0.05) is 74.4 Å². The number of anilines is 2. The fraction of sp³-hybridized carbons (Fsp3) is 0.349. The second-order valence-corrected chi connectivity index (χ2v) is 16.9. The molecule has 9 rings (SSSR count). The van der Waals surface area contributed by atoms with E-state index < -0.39 is 28.3 Å². The van der Waals surface area contributed by atoms with Crippen molar-refractivity contribution in [1.29, 1.82) is 0 Å². The molecule has 0 bridgehead atoms. The first-order valence-electron chi connectivity index (χ1n) is 19.5. The minimum atomic E-state index is -0.751. The molecule has 310 valence electrons. The van der Waals surface area contributed by atoms with Gasteiger partial charge in [0.15, 0.2) is 5.88 Å². The Balaban J connectivity index is 0.000000170. The van der Waals surface area contributed by atoms with E-state index in [4.69, 9.17) is 14.2 Å². The Morgan fingerprint density at radius 2 is 1.32 bits per heavy atom. The van der Waals surface area contributed by atoms with Crippen LogP contribution in [0.4, 0.5) is 11.6 Å². The molecule has 0 radical (unpaired) electrons. The molecule has 2 aliphatic heterocycles. The highest BCUT2D eigenvalue weighted by Gasteiger charge is 2.42. The number of fused-ring (bicyclic) bond motifs is 2. The molecule has 6 aromatic rings. The predicted molar refractivity (Wildman–Crippen MR) is 221 cm³/mol. The van der Waals surface area contributed by atoms with E-state index >= 15 is 0 Å². The summed E-state index contributed by atoms with van der Waals surface area (Å²) in [5.74, 6) is 1.00. The van der Waals surface area contributed by atoms with E-state index in [0.717, 1.165) is 22.3 Å². The second-order valence-electron chi connectivity index (χ2n) is 16.9. The first-order chi connectivity index (χ1) is 28.4. The van der Waals surface area contributed by atoms with Crippen molar-refractivity contribution < 1.29 is 28.9 Å². The Bertz CT molecular complexity index is 2690. The van der Waals surface area contributed by atoms with E-state index in [1.807, 2.05) is 72.4 Å². The third-order valence-electron chi connectivity index (χ3n) is 10.2. The van der Waals surface area contributed by atoms with Gasteiger partial charge in [-0.3, -0.25) is 28.7 Å². The van der Waals surface area contributed by atoms with Crippen molar-refractivity contribution >= 4 is 23.5 Å². The third kappa shape index (κ3) is 8.75. The first kappa shape index (κ1) is 39.9. The number of aliphatic hydroxyl groups is 1. The summed E-state index contributed by atoms with van der Waals surface area (Å²) in [5, 5.41) is 23.9. The zero-order valence-electron chi connectivity index (χ0n) is 34.4. The van der Waals surface area contributed by atoms with Crippen LogP contribution in [0, 0.1) is 0 Å². The molecular formula is C43H46N10O7. The van der Waals surface area contributed by atoms with Crippen molar-refractivity contribution in [2.45, 2.75) is 83.2 Å². The SMILES string of the molecule is Cn1cc(-c2cccc(NC(=O)c3cc4c([nH]c3=O)OC(C)(C)C4)n2)cn1.Cn1cc(-c2cccc(NC(=O)c3cc4c(nc3OC3CC(C)(O)C3)OC(C)(C)C4)n2)cn1. The summed E-state index contributed by atoms with van der Waals surface area (Å²) in [5.41, 5.74) is 3.04. The summed E-state index contributed by atoms with van der Waals surface area (Å²) >= 11 is 0. The van der Waals surface area contributed by atoms with Crippen molar-refractivity contribution in [1.82, 2.24) is 39.5 Å². The molecule has 0 aromatic carbocycles. The van der Waals surface area contributed by atoms with Gasteiger partial charge in [-0.05, 0) is 71.0 Å². The first-order valence-corrected chi connectivity index (χ1v) is 19.5. The monoisotopic (exact) mass is 814 g/mol. The maximum absolute atomic E-state index is 13.3. The number of rotatable bonds is 8. The molecule has 8 heterocycles. The largest absolute Gasteiger partial charge is 0.473 e. The molecule has 6 aromatic heterocycles. The number of amides is 2. The van der Waals surface area contributed by atoms with Gasteiger partial charge >= 0.3 is 0 Å². The molecule has 0 atom stereocenters. The molecule has 1 saturated carbocycles. The quantitative estimate of drug-likeness (QED) is 0.155. The molecule has 3 aliphatic rings. The average molecular weight is 815 g/mol. The maximum Gasteiger partial charge on any atom is 0.263 e. The van der Waals surface area contributed by atoms with Crippen molar-refractivity contribution in [2.24, 2.45) is 14.1 Å². The Kier molecular flexibility index (Phi) is 10.0. The molecule has 1 fully saturated rings. The van der Waals surface area contributed by atoms with Crippen LogP contribution in [-0.4, -0.2) is 79.3 Å². The van der Waals surface area contributed by atoms with E-state index in [9.17, 15) is 19.5 Å². The number of nitrogens with zero attached hydrogens (tertiary/aromatic N) is 7. The van der Waals surface area contributed by atoms with Gasteiger partial charge in [-0.2, -0.15) is 15.2 Å². The van der Waals surface area contributed by atoms with E-state index in [2.05, 4.69) is 40.8 Å². The van der Waals surface area contributed by atoms with Crippen LogP contribution in [0.15, 0.2) is 78.1 Å². The van der Waals surface area contributed by atoms with E-state index in [0.29, 0.717) is 66.0 Å². The Hall–Kier alpha value is -6.88. The minimum Gasteiger partial charge on any atom is -0.473 e. The average Bonchev–Trinajstić information content (AvgIpc) is 3.94. The van der Waals surface area contributed by atoms with Gasteiger partial charge in [-0.1, -0.05) is 12.1 Å². The van der Waals surface area contributed by atoms with Crippen molar-refractivity contribution in [2.75, 3.05) is 10.6 Å². The molecule has 2 amide bonds. The van der Waals surface area contributed by atoms with E-state index in [1.54, 1.807) is 59.0 Å². The zero-order valence-corrected chi connectivity index (χ0v) is 34.4. The molecule has 0 unspecified atom stereocenters. The number of aryl methyl sites for hydroxylation is 2. The maximum atomic E-state index is 13.3. The molecule has 4 N–H and O–H groups in total. The highest BCUT2D eigenvalue weighted by Crippen LogP contribution is 2.40. The number of carbonyl (C=O) groups excluding carboxylic acids is 2. The smallest absolute Gasteiger partial charge is 0.263 e. The molecule has 60 heavy (non-hydrogen) atoms. The van der Waals surface area contributed by atoms with Gasteiger partial charge in [0.25, 0.3) is 17.4 Å². The lowest BCUT2D eigenvalue weighted by atomic mass is 9.79. The van der Waals surface area contributed by atoms with Crippen molar-refractivity contribution in [3.05, 3.63) is 106 Å². The number of nitrogens with one attached hydrogen (secondary N) is 3. The summed E-state index contributed by atoms with van der Waals surface area (Å²) in [6, 6.07) is 14.1. The van der Waals surface area contributed by atoms with Crippen LogP contribution in [0.5, 0.6) is 17.6 Å². The number of ether oxygens (including phenoxy) is 3. The Morgan fingerprint density at radius 3 is 1.87 bits per heavy atom. The van der Waals surface area contributed by atoms with Gasteiger partial charge in [-0.25, -0.2) is 9.97 Å². The summed E-state index contributed by atoms with van der Waals surface area (Å²) in [4.78, 5) is 54.3. The van der Waals surface area contributed by atoms with Crippen LogP contribution >= 0.6 is 0 Å². The van der Waals surface area contributed by atoms with Crippen LogP contribution in [0.1, 0.15) is 79.3 Å². The third-order valence-corrected chi connectivity index (χ3v) is 10.2. The number of pyridine rings is 4. The summed E-state index contributed by atoms with van der Waals surface area (Å²) in [6.45, 7) is 9.58. The van der Waals surface area contributed by atoms with Gasteiger partial charge < -0.3 is 30.0 Å². The van der Waals surface area contributed by atoms with E-state index in [-0.39, 0.29) is 23.5 Å². The van der Waals surface area contributed by atoms with Gasteiger partial charge in [0.2, 0.25) is 11.8 Å². The fourth-order valence-corrected chi connectivity index (χ4v) is 7.43. The van der Waals surface area contributed by atoms with Crippen molar-refractivity contribution in [3.8, 4) is 40.2 Å². The zero-order chi connectivity index (χ0) is 42.6.